The number of ether oxygens (including phenoxy) is 1. The van der Waals surface area contributed by atoms with Crippen LogP contribution in [0.15, 0.2) is 77.7 Å². The number of nitrogens with one attached hydrogen (secondary N) is 1. The average Bonchev–Trinajstić information content (AvgIpc) is 2.77. The Kier molecular flexibility index (Phi) is 7.23. The number of hydrogen-bond donors (Lipinski definition) is 2. The van der Waals surface area contributed by atoms with Crippen molar-refractivity contribution >= 4 is 29.3 Å². The van der Waals surface area contributed by atoms with E-state index in [-0.39, 0.29) is 34.4 Å². The van der Waals surface area contributed by atoms with Gasteiger partial charge in [0.25, 0.3) is 5.69 Å². The molecule has 3 N–H and O–H groups in total. The van der Waals surface area contributed by atoms with Crippen molar-refractivity contribution < 1.29 is 19.2 Å². The first-order valence-corrected chi connectivity index (χ1v) is 10.2. The van der Waals surface area contributed by atoms with Crippen molar-refractivity contribution in [2.45, 2.75) is 11.4 Å². The second-order valence-electron chi connectivity index (χ2n) is 6.43. The molecule has 0 radical (unpaired) electrons. The number of nitro benzene ring substituents is 1. The van der Waals surface area contributed by atoms with Crippen molar-refractivity contribution in [3.63, 3.8) is 0 Å². The first-order chi connectivity index (χ1) is 14.9. The second kappa shape index (κ2) is 10.3. The molecule has 0 bridgehead atoms. The van der Waals surface area contributed by atoms with Gasteiger partial charge in [-0.2, -0.15) is 0 Å². The predicted molar refractivity (Wildman–Crippen MR) is 117 cm³/mol. The number of amides is 2. The lowest BCUT2D eigenvalue weighted by atomic mass is 10.2. The predicted octanol–water partition coefficient (Wildman–Crippen LogP) is 3.89. The monoisotopic (exact) mass is 437 g/mol. The summed E-state index contributed by atoms with van der Waals surface area (Å²) >= 11 is 1.01. The van der Waals surface area contributed by atoms with E-state index in [1.54, 1.807) is 0 Å². The second-order valence-corrected chi connectivity index (χ2v) is 7.45. The van der Waals surface area contributed by atoms with Gasteiger partial charge in [-0.1, -0.05) is 30.3 Å². The van der Waals surface area contributed by atoms with Crippen LogP contribution in [0.25, 0.3) is 0 Å². The Morgan fingerprint density at radius 3 is 2.45 bits per heavy atom. The molecule has 0 unspecified atom stereocenters. The van der Waals surface area contributed by atoms with E-state index in [9.17, 15) is 19.7 Å². The van der Waals surface area contributed by atoms with Crippen LogP contribution >= 0.6 is 11.8 Å². The van der Waals surface area contributed by atoms with Gasteiger partial charge in [-0.25, -0.2) is 0 Å². The maximum atomic E-state index is 12.2. The molecule has 0 atom stereocenters. The summed E-state index contributed by atoms with van der Waals surface area (Å²) in [5, 5.41) is 14.0. The molecule has 0 aliphatic rings. The molecular weight excluding hydrogens is 418 g/mol. The van der Waals surface area contributed by atoms with Crippen LogP contribution in [-0.4, -0.2) is 22.5 Å². The number of nitrogens with two attached hydrogens (primary N) is 1. The summed E-state index contributed by atoms with van der Waals surface area (Å²) in [6.07, 6.45) is 0. The van der Waals surface area contributed by atoms with Crippen LogP contribution in [0.1, 0.15) is 15.9 Å². The smallest absolute Gasteiger partial charge is 0.283 e. The van der Waals surface area contributed by atoms with Crippen LogP contribution in [0.5, 0.6) is 11.5 Å². The van der Waals surface area contributed by atoms with Gasteiger partial charge in [0.05, 0.1) is 15.6 Å². The number of rotatable bonds is 9. The highest BCUT2D eigenvalue weighted by molar-refractivity contribution is 8.00. The normalized spacial score (nSPS) is 10.3. The minimum atomic E-state index is -0.754. The number of thioether (sulfide) groups is 1. The van der Waals surface area contributed by atoms with Crippen molar-refractivity contribution in [1.82, 2.24) is 5.32 Å². The highest BCUT2D eigenvalue weighted by Crippen LogP contribution is 2.30. The SMILES string of the molecule is NC(=O)c1ccc(SCC(=O)NCc2cccc(Oc3ccccc3)c2)c([N+](=O)[O-])c1. The highest BCUT2D eigenvalue weighted by atomic mass is 32.2. The summed E-state index contributed by atoms with van der Waals surface area (Å²) in [6, 6.07) is 20.6. The van der Waals surface area contributed by atoms with E-state index < -0.39 is 10.8 Å². The quantitative estimate of drug-likeness (QED) is 0.297. The Balaban J connectivity index is 1.56. The number of nitrogens with zero attached hydrogens (tertiary/aromatic N) is 1. The topological polar surface area (TPSA) is 125 Å². The summed E-state index contributed by atoms with van der Waals surface area (Å²) in [7, 11) is 0. The number of primary amides is 1. The van der Waals surface area contributed by atoms with Crippen LogP contribution in [0.3, 0.4) is 0 Å². The van der Waals surface area contributed by atoms with E-state index >= 15 is 0 Å². The molecule has 3 rings (SSSR count). The summed E-state index contributed by atoms with van der Waals surface area (Å²) in [5.41, 5.74) is 5.79. The average molecular weight is 437 g/mol. The van der Waals surface area contributed by atoms with Crippen molar-refractivity contribution in [3.8, 4) is 11.5 Å². The number of carbonyl (C=O) groups excluding carboxylic acids is 2. The fourth-order valence-corrected chi connectivity index (χ4v) is 3.51. The molecule has 9 heteroatoms. The van der Waals surface area contributed by atoms with E-state index in [0.717, 1.165) is 23.4 Å². The number of nitro groups is 1. The molecule has 2 amide bonds. The summed E-state index contributed by atoms with van der Waals surface area (Å²) in [4.78, 5) is 34.4. The van der Waals surface area contributed by atoms with E-state index in [4.69, 9.17) is 10.5 Å². The lowest BCUT2D eigenvalue weighted by molar-refractivity contribution is -0.387. The number of para-hydroxylation sites is 1. The van der Waals surface area contributed by atoms with Crippen LogP contribution < -0.4 is 15.8 Å². The molecule has 3 aromatic rings. The van der Waals surface area contributed by atoms with Crippen molar-refractivity contribution in [2.24, 2.45) is 5.73 Å². The Morgan fingerprint density at radius 1 is 1.00 bits per heavy atom. The fraction of sp³-hybridized carbons (Fsp3) is 0.0909. The molecule has 0 fully saturated rings. The molecule has 0 saturated carbocycles. The van der Waals surface area contributed by atoms with Gasteiger partial charge in [-0.05, 0) is 42.0 Å². The first-order valence-electron chi connectivity index (χ1n) is 9.22. The van der Waals surface area contributed by atoms with Crippen molar-refractivity contribution in [2.75, 3.05) is 5.75 Å². The summed E-state index contributed by atoms with van der Waals surface area (Å²) < 4.78 is 5.78. The molecule has 3 aromatic carbocycles. The van der Waals surface area contributed by atoms with E-state index in [1.165, 1.54) is 12.1 Å². The Bertz CT molecular complexity index is 1110. The zero-order valence-corrected chi connectivity index (χ0v) is 17.1. The van der Waals surface area contributed by atoms with Gasteiger partial charge in [-0.3, -0.25) is 19.7 Å². The van der Waals surface area contributed by atoms with E-state index in [2.05, 4.69) is 5.32 Å². The Hall–Kier alpha value is -3.85. The Labute approximate surface area is 182 Å². The third-order valence-electron chi connectivity index (χ3n) is 4.17. The third kappa shape index (κ3) is 6.31. The van der Waals surface area contributed by atoms with Crippen LogP contribution in [0.4, 0.5) is 5.69 Å². The first kappa shape index (κ1) is 21.8. The maximum absolute atomic E-state index is 12.2. The molecule has 0 spiro atoms. The molecular formula is C22H19N3O5S. The van der Waals surface area contributed by atoms with Gasteiger partial charge in [0.1, 0.15) is 11.5 Å². The number of hydrogen-bond acceptors (Lipinski definition) is 6. The van der Waals surface area contributed by atoms with Gasteiger partial charge < -0.3 is 15.8 Å². The van der Waals surface area contributed by atoms with Crippen LogP contribution in [0, 0.1) is 10.1 Å². The Morgan fingerprint density at radius 2 is 1.74 bits per heavy atom. The molecule has 0 saturated heterocycles. The molecule has 8 nitrogen and oxygen atoms in total. The van der Waals surface area contributed by atoms with E-state index in [1.807, 2.05) is 54.6 Å². The molecule has 0 heterocycles. The van der Waals surface area contributed by atoms with Crippen LogP contribution in [0.2, 0.25) is 0 Å². The fourth-order valence-electron chi connectivity index (χ4n) is 2.67. The number of carbonyl (C=O) groups is 2. The largest absolute Gasteiger partial charge is 0.457 e. The van der Waals surface area contributed by atoms with E-state index in [0.29, 0.717) is 11.5 Å². The van der Waals surface area contributed by atoms with Gasteiger partial charge in [-0.15, -0.1) is 11.8 Å². The lowest BCUT2D eigenvalue weighted by Crippen LogP contribution is -2.24. The van der Waals surface area contributed by atoms with Gasteiger partial charge >= 0.3 is 0 Å². The van der Waals surface area contributed by atoms with Gasteiger partial charge in [0.2, 0.25) is 11.8 Å². The standard InChI is InChI=1S/C22H19N3O5S/c23-22(27)16-9-10-20(19(12-16)25(28)29)31-14-21(26)24-13-15-5-4-8-18(11-15)30-17-6-2-1-3-7-17/h1-12H,13-14H2,(H2,23,27)(H,24,26). The minimum Gasteiger partial charge on any atom is -0.457 e. The van der Waals surface area contributed by atoms with Crippen molar-refractivity contribution in [3.05, 3.63) is 94.0 Å². The highest BCUT2D eigenvalue weighted by Gasteiger charge is 2.18. The molecule has 158 valence electrons. The number of benzene rings is 3. The summed E-state index contributed by atoms with van der Waals surface area (Å²) in [6.45, 7) is 0.286. The van der Waals surface area contributed by atoms with Crippen LogP contribution in [-0.2, 0) is 11.3 Å². The third-order valence-corrected chi connectivity index (χ3v) is 5.23. The molecule has 31 heavy (non-hydrogen) atoms. The zero-order chi connectivity index (χ0) is 22.2. The van der Waals surface area contributed by atoms with Crippen molar-refractivity contribution in [1.29, 1.82) is 0 Å². The molecule has 0 aliphatic heterocycles. The molecule has 0 aliphatic carbocycles. The molecule has 0 aromatic heterocycles. The summed E-state index contributed by atoms with van der Waals surface area (Å²) in [5.74, 6) is 0.307. The zero-order valence-electron chi connectivity index (χ0n) is 16.3. The van der Waals surface area contributed by atoms with Gasteiger partial charge in [0, 0.05) is 18.2 Å². The lowest BCUT2D eigenvalue weighted by Gasteiger charge is -2.09. The maximum Gasteiger partial charge on any atom is 0.283 e. The van der Waals surface area contributed by atoms with Gasteiger partial charge in [0.15, 0.2) is 0 Å². The minimum absolute atomic E-state index is 0.0169.